The normalized spacial score (nSPS) is 19.0. The molecule has 0 bridgehead atoms. The monoisotopic (exact) mass is 376 g/mol. The Morgan fingerprint density at radius 2 is 2.04 bits per heavy atom. The van der Waals surface area contributed by atoms with Crippen molar-refractivity contribution in [2.24, 2.45) is 12.8 Å². The van der Waals surface area contributed by atoms with E-state index in [1.165, 1.54) is 0 Å². The van der Waals surface area contributed by atoms with Crippen LogP contribution in [0, 0.1) is 0 Å². The molecule has 3 aromatic rings. The lowest BCUT2D eigenvalue weighted by molar-refractivity contribution is 0.373. The van der Waals surface area contributed by atoms with E-state index in [2.05, 4.69) is 20.2 Å². The van der Waals surface area contributed by atoms with Gasteiger partial charge in [0, 0.05) is 18.7 Å². The Morgan fingerprint density at radius 1 is 1.31 bits per heavy atom. The summed E-state index contributed by atoms with van der Waals surface area (Å²) in [6, 6.07) is 1.92. The fraction of sp³-hybridized carbons (Fsp3) is 0.529. The molecular formula is C17H21ClN6O2. The van der Waals surface area contributed by atoms with E-state index in [4.69, 9.17) is 10.3 Å². The van der Waals surface area contributed by atoms with Gasteiger partial charge in [0.05, 0.1) is 16.5 Å². The second-order valence-corrected chi connectivity index (χ2v) is 7.35. The third kappa shape index (κ3) is 2.55. The average Bonchev–Trinajstić information content (AvgIpc) is 3.02. The Kier molecular flexibility index (Phi) is 3.92. The van der Waals surface area contributed by atoms with Crippen LogP contribution in [0.4, 0.5) is 0 Å². The number of halogens is 1. The topological polar surface area (TPSA) is 116 Å². The first-order valence-electron chi connectivity index (χ1n) is 8.78. The van der Waals surface area contributed by atoms with Crippen molar-refractivity contribution in [2.45, 2.75) is 50.0 Å². The van der Waals surface area contributed by atoms with Crippen LogP contribution in [0.25, 0.3) is 22.5 Å². The largest absolute Gasteiger partial charge is 0.334 e. The molecular weight excluding hydrogens is 356 g/mol. The lowest BCUT2D eigenvalue weighted by Gasteiger charge is -2.17. The van der Waals surface area contributed by atoms with Crippen molar-refractivity contribution in [3.8, 4) is 11.5 Å². The molecule has 9 heteroatoms. The highest BCUT2D eigenvalue weighted by Crippen LogP contribution is 2.41. The van der Waals surface area contributed by atoms with Crippen LogP contribution in [0.2, 0.25) is 0 Å². The quantitative estimate of drug-likeness (QED) is 0.724. The summed E-state index contributed by atoms with van der Waals surface area (Å²) in [5.41, 5.74) is 7.95. The summed E-state index contributed by atoms with van der Waals surface area (Å²) in [5.74, 6) is 1.33. The zero-order valence-electron chi connectivity index (χ0n) is 14.5. The molecule has 0 radical (unpaired) electrons. The van der Waals surface area contributed by atoms with Gasteiger partial charge in [0.2, 0.25) is 0 Å². The van der Waals surface area contributed by atoms with Crippen LogP contribution < -0.4 is 11.3 Å². The Balaban J connectivity index is 0.00000168. The van der Waals surface area contributed by atoms with E-state index in [1.54, 1.807) is 11.7 Å². The number of pyridine rings is 1. The SMILES string of the molecule is Cl.Cn1[nH]c(=O)c2c(-c3nc(C4(N)CCCC4)no3)cc(C3CC3)nc21. The van der Waals surface area contributed by atoms with Gasteiger partial charge in [-0.15, -0.1) is 12.4 Å². The summed E-state index contributed by atoms with van der Waals surface area (Å²) in [6.45, 7) is 0. The highest BCUT2D eigenvalue weighted by atomic mass is 35.5. The molecule has 2 fully saturated rings. The number of aryl methyl sites for hydroxylation is 1. The number of H-pyrrole nitrogens is 1. The zero-order valence-corrected chi connectivity index (χ0v) is 15.3. The molecule has 3 aromatic heterocycles. The van der Waals surface area contributed by atoms with E-state index >= 15 is 0 Å². The van der Waals surface area contributed by atoms with Crippen molar-refractivity contribution < 1.29 is 4.52 Å². The van der Waals surface area contributed by atoms with Gasteiger partial charge in [-0.1, -0.05) is 18.0 Å². The molecule has 8 nitrogen and oxygen atoms in total. The van der Waals surface area contributed by atoms with Gasteiger partial charge in [-0.2, -0.15) is 4.98 Å². The van der Waals surface area contributed by atoms with Crippen molar-refractivity contribution in [3.63, 3.8) is 0 Å². The Bertz CT molecular complexity index is 1030. The molecule has 2 aliphatic carbocycles. The molecule has 3 N–H and O–H groups in total. The number of hydrogen-bond donors (Lipinski definition) is 2. The Morgan fingerprint density at radius 3 is 2.73 bits per heavy atom. The van der Waals surface area contributed by atoms with E-state index in [9.17, 15) is 4.79 Å². The molecule has 5 rings (SSSR count). The van der Waals surface area contributed by atoms with Gasteiger partial charge in [-0.25, -0.2) is 4.98 Å². The number of hydrogen-bond acceptors (Lipinski definition) is 6. The van der Waals surface area contributed by atoms with Crippen molar-refractivity contribution in [3.05, 3.63) is 27.9 Å². The van der Waals surface area contributed by atoms with Gasteiger partial charge >= 0.3 is 0 Å². The maximum atomic E-state index is 12.4. The highest BCUT2D eigenvalue weighted by Gasteiger charge is 2.36. The van der Waals surface area contributed by atoms with E-state index in [1.807, 2.05) is 6.07 Å². The molecule has 2 saturated carbocycles. The van der Waals surface area contributed by atoms with Gasteiger partial charge in [-0.3, -0.25) is 14.6 Å². The van der Waals surface area contributed by atoms with Crippen LogP contribution in [0.3, 0.4) is 0 Å². The van der Waals surface area contributed by atoms with E-state index in [-0.39, 0.29) is 18.0 Å². The molecule has 0 unspecified atom stereocenters. The van der Waals surface area contributed by atoms with E-state index < -0.39 is 5.54 Å². The molecule has 0 spiro atoms. The summed E-state index contributed by atoms with van der Waals surface area (Å²) < 4.78 is 7.17. The summed E-state index contributed by atoms with van der Waals surface area (Å²) in [6.07, 6.45) is 6.11. The first-order valence-corrected chi connectivity index (χ1v) is 8.78. The number of aromatic amines is 1. The number of rotatable bonds is 3. The van der Waals surface area contributed by atoms with Gasteiger partial charge < -0.3 is 10.3 Å². The summed E-state index contributed by atoms with van der Waals surface area (Å²) in [5, 5.41) is 7.38. The van der Waals surface area contributed by atoms with Crippen LogP contribution in [0.5, 0.6) is 0 Å². The molecule has 0 aliphatic heterocycles. The standard InChI is InChI=1S/C17H20N6O2.ClH/c1-23-13-12(14(24)21-23)10(8-11(19-13)9-4-5-9)15-20-16(22-25-15)17(18)6-2-3-7-17;/h8-9H,2-7,18H2,1H3,(H,21,24);1H. The summed E-state index contributed by atoms with van der Waals surface area (Å²) >= 11 is 0. The molecule has 26 heavy (non-hydrogen) atoms. The number of fused-ring (bicyclic) bond motifs is 1. The van der Waals surface area contributed by atoms with Gasteiger partial charge in [0.15, 0.2) is 11.5 Å². The number of nitrogens with zero attached hydrogens (tertiary/aromatic N) is 4. The molecule has 0 aromatic carbocycles. The van der Waals surface area contributed by atoms with Crippen molar-refractivity contribution in [1.82, 2.24) is 24.9 Å². The smallest absolute Gasteiger partial charge is 0.274 e. The summed E-state index contributed by atoms with van der Waals surface area (Å²) in [4.78, 5) is 21.6. The predicted octanol–water partition coefficient (Wildman–Crippen LogP) is 2.34. The minimum atomic E-state index is -0.518. The fourth-order valence-electron chi connectivity index (χ4n) is 3.80. The van der Waals surface area contributed by atoms with E-state index in [0.717, 1.165) is 44.2 Å². The lowest BCUT2D eigenvalue weighted by Crippen LogP contribution is -2.34. The fourth-order valence-corrected chi connectivity index (χ4v) is 3.80. The molecule has 0 atom stereocenters. The second-order valence-electron chi connectivity index (χ2n) is 7.35. The molecule has 138 valence electrons. The third-order valence-electron chi connectivity index (χ3n) is 5.43. The maximum absolute atomic E-state index is 12.4. The van der Waals surface area contributed by atoms with Gasteiger partial charge in [0.25, 0.3) is 11.4 Å². The Hall–Kier alpha value is -2.19. The number of nitrogens with two attached hydrogens (primary N) is 1. The third-order valence-corrected chi connectivity index (χ3v) is 5.43. The molecule has 0 amide bonds. The van der Waals surface area contributed by atoms with Crippen LogP contribution in [-0.4, -0.2) is 24.9 Å². The number of nitrogens with one attached hydrogen (secondary N) is 1. The molecule has 3 heterocycles. The van der Waals surface area contributed by atoms with Crippen LogP contribution >= 0.6 is 12.4 Å². The average molecular weight is 377 g/mol. The maximum Gasteiger partial charge on any atom is 0.274 e. The second kappa shape index (κ2) is 5.92. The van der Waals surface area contributed by atoms with Crippen molar-refractivity contribution >= 4 is 23.4 Å². The first-order chi connectivity index (χ1) is 12.0. The van der Waals surface area contributed by atoms with Crippen molar-refractivity contribution in [1.29, 1.82) is 0 Å². The predicted molar refractivity (Wildman–Crippen MR) is 98.2 cm³/mol. The highest BCUT2D eigenvalue weighted by molar-refractivity contribution is 5.90. The lowest BCUT2D eigenvalue weighted by atomic mass is 9.98. The molecule has 0 saturated heterocycles. The van der Waals surface area contributed by atoms with Crippen LogP contribution in [0.15, 0.2) is 15.4 Å². The van der Waals surface area contributed by atoms with Crippen LogP contribution in [0.1, 0.15) is 56.0 Å². The Labute approximate surface area is 155 Å². The van der Waals surface area contributed by atoms with Gasteiger partial charge in [-0.05, 0) is 31.7 Å². The van der Waals surface area contributed by atoms with E-state index in [0.29, 0.717) is 34.2 Å². The van der Waals surface area contributed by atoms with Crippen molar-refractivity contribution in [2.75, 3.05) is 0 Å². The summed E-state index contributed by atoms with van der Waals surface area (Å²) in [7, 11) is 1.78. The minimum Gasteiger partial charge on any atom is -0.334 e. The van der Waals surface area contributed by atoms with Crippen LogP contribution in [-0.2, 0) is 12.6 Å². The zero-order chi connectivity index (χ0) is 17.2. The number of aromatic nitrogens is 5. The van der Waals surface area contributed by atoms with Gasteiger partial charge in [0.1, 0.15) is 0 Å². The minimum absolute atomic E-state index is 0. The molecule has 2 aliphatic rings. The first kappa shape index (κ1) is 17.2.